The number of halogens is 6. The first kappa shape index (κ1) is 46.1. The lowest BCUT2D eigenvalue weighted by Crippen LogP contribution is -2.44. The van der Waals surface area contributed by atoms with Crippen LogP contribution in [-0.4, -0.2) is 97.2 Å². The number of piperidine rings is 2. The van der Waals surface area contributed by atoms with Gasteiger partial charge in [0, 0.05) is 59.9 Å². The van der Waals surface area contributed by atoms with Crippen LogP contribution in [0.2, 0.25) is 0 Å². The van der Waals surface area contributed by atoms with Gasteiger partial charge in [0.15, 0.2) is 0 Å². The summed E-state index contributed by atoms with van der Waals surface area (Å²) in [5.41, 5.74) is 1.08. The zero-order chi connectivity index (χ0) is 43.3. The second kappa shape index (κ2) is 19.0. The Bertz CT molecular complexity index is 1980. The minimum Gasteiger partial charge on any atom is -0.478 e. The molecule has 1 amide bonds. The molecule has 0 unspecified atom stereocenters. The van der Waals surface area contributed by atoms with Crippen molar-refractivity contribution in [1.29, 1.82) is 0 Å². The maximum Gasteiger partial charge on any atom is 0.416 e. The summed E-state index contributed by atoms with van der Waals surface area (Å²) in [7, 11) is 4.05. The van der Waals surface area contributed by atoms with E-state index >= 15 is 0 Å². The molecule has 0 radical (unpaired) electrons. The number of hydrogen-bond donors (Lipinski definition) is 3. The predicted molar refractivity (Wildman–Crippen MR) is 214 cm³/mol. The molecule has 0 saturated carbocycles. The molecule has 58 heavy (non-hydrogen) atoms. The molecule has 2 saturated heterocycles. The molecule has 2 aliphatic rings. The Kier molecular flexibility index (Phi) is 15.1. The van der Waals surface area contributed by atoms with E-state index in [1.807, 2.05) is 37.7 Å². The van der Waals surface area contributed by atoms with Crippen molar-refractivity contribution >= 4 is 23.3 Å². The Labute approximate surface area is 336 Å². The Morgan fingerprint density at radius 1 is 0.741 bits per heavy atom. The van der Waals surface area contributed by atoms with Gasteiger partial charge in [-0.15, -0.1) is 0 Å². The smallest absolute Gasteiger partial charge is 0.416 e. The number of amides is 1. The van der Waals surface area contributed by atoms with E-state index in [4.69, 9.17) is 0 Å². The molecule has 2 aliphatic heterocycles. The van der Waals surface area contributed by atoms with Gasteiger partial charge in [-0.3, -0.25) is 9.59 Å². The number of aromatic amines is 1. The summed E-state index contributed by atoms with van der Waals surface area (Å²) in [6, 6.07) is 5.89. The highest BCUT2D eigenvalue weighted by Crippen LogP contribution is 2.38. The molecule has 16 heteroatoms. The number of benzene rings is 2. The zero-order valence-electron chi connectivity index (χ0n) is 34.5. The summed E-state index contributed by atoms with van der Waals surface area (Å²) in [5.74, 6) is -1.97. The van der Waals surface area contributed by atoms with Crippen LogP contribution >= 0.6 is 0 Å². The number of alkyl halides is 6. The molecule has 2 aromatic carbocycles. The molecule has 0 bridgehead atoms. The van der Waals surface area contributed by atoms with Crippen molar-refractivity contribution in [3.63, 3.8) is 0 Å². The Morgan fingerprint density at radius 2 is 1.16 bits per heavy atom. The summed E-state index contributed by atoms with van der Waals surface area (Å²) >= 11 is 0. The van der Waals surface area contributed by atoms with Crippen LogP contribution in [0.3, 0.4) is 0 Å². The molecule has 3 N–H and O–H groups in total. The maximum atomic E-state index is 13.8. The largest absolute Gasteiger partial charge is 0.478 e. The number of aromatic nitrogens is 1. The van der Waals surface area contributed by atoms with Crippen LogP contribution in [0.25, 0.3) is 0 Å². The van der Waals surface area contributed by atoms with Crippen molar-refractivity contribution < 1.29 is 41.0 Å². The average molecular weight is 823 g/mol. The Morgan fingerprint density at radius 3 is 1.53 bits per heavy atom. The number of nitrogens with zero attached hydrogens (tertiary/aromatic N) is 4. The standard InChI is InChI=1S/C25H33F3N4O2.C17H23F3N2O2/c1-6-32(19-7-9-31(5)10-8-19)22-13-18(25(26,27)28)12-20(17(22)4)23(33)29-14-21-15(2)11-16(3)30-24(21)34;1-4-22(13-5-7-21(3)8-6-13)15-10-12(17(18,19)20)9-14(11(15)2)16(23)24/h11-13,19H,6-10,14H2,1-5H3,(H,29,33)(H,30,34);9-10,13H,4-8H2,1-3H3,(H,23,24). The summed E-state index contributed by atoms with van der Waals surface area (Å²) in [6.07, 6.45) is -5.77. The molecule has 5 rings (SSSR count). The van der Waals surface area contributed by atoms with Crippen molar-refractivity contribution in [2.24, 2.45) is 0 Å². The van der Waals surface area contributed by atoms with Gasteiger partial charge in [-0.05, 0) is 155 Å². The molecular weight excluding hydrogens is 766 g/mol. The SMILES string of the molecule is CCN(c1cc(C(F)(F)F)cc(C(=O)NCc2c(C)cc(C)[nH]c2=O)c1C)C1CCN(C)CC1.CCN(c1cc(C(F)(F)F)cc(C(=O)O)c1C)C1CCN(C)CC1. The number of aromatic carboxylic acids is 1. The third-order valence-electron chi connectivity index (χ3n) is 11.4. The monoisotopic (exact) mass is 822 g/mol. The summed E-state index contributed by atoms with van der Waals surface area (Å²) in [4.78, 5) is 47.7. The number of hydrogen-bond acceptors (Lipinski definition) is 7. The van der Waals surface area contributed by atoms with E-state index < -0.39 is 35.4 Å². The topological polar surface area (TPSA) is 112 Å². The first-order valence-corrected chi connectivity index (χ1v) is 19.6. The molecule has 10 nitrogen and oxygen atoms in total. The first-order valence-electron chi connectivity index (χ1n) is 19.6. The number of H-pyrrole nitrogens is 1. The van der Waals surface area contributed by atoms with E-state index in [9.17, 15) is 45.8 Å². The van der Waals surface area contributed by atoms with Crippen molar-refractivity contribution in [2.75, 3.05) is 63.2 Å². The number of carbonyl (C=O) groups is 2. The third kappa shape index (κ3) is 11.1. The van der Waals surface area contributed by atoms with Crippen molar-refractivity contribution in [3.8, 4) is 0 Å². The highest BCUT2D eigenvalue weighted by molar-refractivity contribution is 5.97. The van der Waals surface area contributed by atoms with Crippen LogP contribution in [-0.2, 0) is 18.9 Å². The van der Waals surface area contributed by atoms with Gasteiger partial charge >= 0.3 is 18.3 Å². The van der Waals surface area contributed by atoms with Gasteiger partial charge in [0.25, 0.3) is 11.5 Å². The molecule has 0 spiro atoms. The summed E-state index contributed by atoms with van der Waals surface area (Å²) in [5, 5.41) is 11.9. The summed E-state index contributed by atoms with van der Waals surface area (Å²) in [6.45, 7) is 15.1. The van der Waals surface area contributed by atoms with Crippen LogP contribution in [0.5, 0.6) is 0 Å². The molecule has 2 fully saturated rings. The fraction of sp³-hybridized carbons (Fsp3) is 0.548. The zero-order valence-corrected chi connectivity index (χ0v) is 34.5. The van der Waals surface area contributed by atoms with Gasteiger partial charge in [-0.2, -0.15) is 26.3 Å². The fourth-order valence-corrected chi connectivity index (χ4v) is 8.01. The molecule has 1 aromatic heterocycles. The number of pyridine rings is 1. The highest BCUT2D eigenvalue weighted by Gasteiger charge is 2.36. The van der Waals surface area contributed by atoms with Gasteiger partial charge in [0.05, 0.1) is 16.7 Å². The lowest BCUT2D eigenvalue weighted by molar-refractivity contribution is -0.138. The lowest BCUT2D eigenvalue weighted by Gasteiger charge is -2.39. The number of anilines is 2. The highest BCUT2D eigenvalue weighted by atomic mass is 19.4. The number of rotatable bonds is 10. The van der Waals surface area contributed by atoms with E-state index in [1.165, 1.54) is 0 Å². The number of likely N-dealkylation sites (tertiary alicyclic amines) is 2. The van der Waals surface area contributed by atoms with E-state index in [0.29, 0.717) is 52.4 Å². The maximum absolute atomic E-state index is 13.8. The van der Waals surface area contributed by atoms with Gasteiger partial charge in [-0.1, -0.05) is 0 Å². The first-order chi connectivity index (χ1) is 27.1. The minimum absolute atomic E-state index is 0.0302. The second-order valence-corrected chi connectivity index (χ2v) is 15.4. The minimum atomic E-state index is -4.59. The van der Waals surface area contributed by atoms with Crippen LogP contribution < -0.4 is 20.7 Å². The van der Waals surface area contributed by atoms with Gasteiger partial charge in [0.2, 0.25) is 0 Å². The van der Waals surface area contributed by atoms with E-state index in [1.54, 1.807) is 33.8 Å². The van der Waals surface area contributed by atoms with Crippen LogP contribution in [0.1, 0.15) is 99.3 Å². The van der Waals surface area contributed by atoms with E-state index in [2.05, 4.69) is 20.1 Å². The van der Waals surface area contributed by atoms with Gasteiger partial charge in [0.1, 0.15) is 0 Å². The number of carboxylic acids is 1. The van der Waals surface area contributed by atoms with Gasteiger partial charge in [-0.25, -0.2) is 4.79 Å². The number of aryl methyl sites for hydroxylation is 2. The van der Waals surface area contributed by atoms with Gasteiger partial charge < -0.3 is 35.0 Å². The number of nitrogens with one attached hydrogen (secondary N) is 2. The van der Waals surface area contributed by atoms with Crippen LogP contribution in [0, 0.1) is 27.7 Å². The molecule has 0 atom stereocenters. The predicted octanol–water partition coefficient (Wildman–Crippen LogP) is 7.80. The summed E-state index contributed by atoms with van der Waals surface area (Å²) < 4.78 is 80.9. The molecule has 3 aromatic rings. The molecule has 320 valence electrons. The lowest BCUT2D eigenvalue weighted by atomic mass is 9.97. The molecule has 0 aliphatic carbocycles. The second-order valence-electron chi connectivity index (χ2n) is 15.4. The molecular formula is C42H56F6N6O4. The average Bonchev–Trinajstić information content (AvgIpc) is 3.13. The fourth-order valence-electron chi connectivity index (χ4n) is 8.01. The Balaban J connectivity index is 0.000000273. The van der Waals surface area contributed by atoms with E-state index in [0.717, 1.165) is 76.1 Å². The molecule has 3 heterocycles. The number of carboxylic acid groups (broad SMARTS) is 1. The normalized spacial score (nSPS) is 16.1. The van der Waals surface area contributed by atoms with Crippen LogP contribution in [0.4, 0.5) is 37.7 Å². The Hall–Kier alpha value is -4.57. The van der Waals surface area contributed by atoms with Crippen molar-refractivity contribution in [3.05, 3.63) is 90.9 Å². The van der Waals surface area contributed by atoms with Crippen molar-refractivity contribution in [1.82, 2.24) is 20.1 Å². The third-order valence-corrected chi connectivity index (χ3v) is 11.4. The van der Waals surface area contributed by atoms with E-state index in [-0.39, 0.29) is 35.3 Å². The number of carbonyl (C=O) groups excluding carboxylic acids is 1. The van der Waals surface area contributed by atoms with Crippen molar-refractivity contribution in [2.45, 2.75) is 98.2 Å². The quantitative estimate of drug-likeness (QED) is 0.178. The van der Waals surface area contributed by atoms with Crippen LogP contribution in [0.15, 0.2) is 35.1 Å².